The molecule has 0 radical (unpaired) electrons. The van der Waals surface area contributed by atoms with E-state index in [1.54, 1.807) is 12.1 Å². The molecule has 0 saturated carbocycles. The number of nitrogens with zero attached hydrogens (tertiary/aromatic N) is 1. The third-order valence-electron chi connectivity index (χ3n) is 2.61. The predicted octanol–water partition coefficient (Wildman–Crippen LogP) is 2.74. The molecule has 0 aliphatic heterocycles. The van der Waals surface area contributed by atoms with Crippen LogP contribution in [0.2, 0.25) is 0 Å². The molecule has 5 heteroatoms. The number of nitro benzene ring substituents is 1. The molecule has 0 saturated heterocycles. The van der Waals surface area contributed by atoms with Crippen molar-refractivity contribution in [3.05, 3.63) is 33.9 Å². The lowest BCUT2D eigenvalue weighted by Gasteiger charge is -2.10. The molecule has 0 fully saturated rings. The standard InChI is InChI=1S/C15H20N2O3/c1-4-5-8-20-15-9-13(11-16-10-12(2)3)6-7-14(15)17(18)19/h1,6-7,9,12,16H,5,8,10-11H2,2-3H3. The Bertz CT molecular complexity index is 492. The van der Waals surface area contributed by atoms with Crippen LogP contribution >= 0.6 is 0 Å². The summed E-state index contributed by atoms with van der Waals surface area (Å²) in [5, 5.41) is 14.2. The van der Waals surface area contributed by atoms with Gasteiger partial charge in [0.1, 0.15) is 0 Å². The second kappa shape index (κ2) is 8.18. The molecular weight excluding hydrogens is 256 g/mol. The lowest BCUT2D eigenvalue weighted by atomic mass is 10.1. The van der Waals surface area contributed by atoms with E-state index in [4.69, 9.17) is 11.2 Å². The SMILES string of the molecule is C#CCCOc1cc(CNCC(C)C)ccc1[N+](=O)[O-]. The van der Waals surface area contributed by atoms with E-state index in [-0.39, 0.29) is 18.0 Å². The molecule has 0 unspecified atom stereocenters. The maximum atomic E-state index is 10.9. The van der Waals surface area contributed by atoms with Gasteiger partial charge >= 0.3 is 5.69 Å². The molecule has 0 amide bonds. The summed E-state index contributed by atoms with van der Waals surface area (Å²) < 4.78 is 5.39. The summed E-state index contributed by atoms with van der Waals surface area (Å²) in [5.74, 6) is 3.27. The molecule has 1 N–H and O–H groups in total. The summed E-state index contributed by atoms with van der Waals surface area (Å²) >= 11 is 0. The van der Waals surface area contributed by atoms with Gasteiger partial charge in [-0.25, -0.2) is 0 Å². The number of hydrogen-bond acceptors (Lipinski definition) is 4. The van der Waals surface area contributed by atoms with Gasteiger partial charge in [0.2, 0.25) is 0 Å². The third kappa shape index (κ3) is 5.29. The van der Waals surface area contributed by atoms with Gasteiger partial charge in [-0.3, -0.25) is 10.1 Å². The topological polar surface area (TPSA) is 64.4 Å². The highest BCUT2D eigenvalue weighted by molar-refractivity contribution is 5.48. The third-order valence-corrected chi connectivity index (χ3v) is 2.61. The second-order valence-electron chi connectivity index (χ2n) is 4.89. The fourth-order valence-corrected chi connectivity index (χ4v) is 1.66. The van der Waals surface area contributed by atoms with Crippen molar-refractivity contribution in [1.29, 1.82) is 0 Å². The van der Waals surface area contributed by atoms with E-state index in [1.165, 1.54) is 6.07 Å². The van der Waals surface area contributed by atoms with Gasteiger partial charge in [-0.2, -0.15) is 0 Å². The van der Waals surface area contributed by atoms with Crippen LogP contribution in [0.5, 0.6) is 5.75 Å². The van der Waals surface area contributed by atoms with Crippen molar-refractivity contribution in [3.63, 3.8) is 0 Å². The Morgan fingerprint density at radius 1 is 1.50 bits per heavy atom. The van der Waals surface area contributed by atoms with E-state index in [0.29, 0.717) is 18.9 Å². The molecule has 1 aromatic rings. The number of hydrogen-bond donors (Lipinski definition) is 1. The molecule has 108 valence electrons. The van der Waals surface area contributed by atoms with Gasteiger partial charge in [0, 0.05) is 19.0 Å². The highest BCUT2D eigenvalue weighted by Crippen LogP contribution is 2.28. The van der Waals surface area contributed by atoms with Gasteiger partial charge in [0.05, 0.1) is 11.5 Å². The average molecular weight is 276 g/mol. The average Bonchev–Trinajstić information content (AvgIpc) is 2.38. The molecule has 5 nitrogen and oxygen atoms in total. The Hall–Kier alpha value is -2.06. The van der Waals surface area contributed by atoms with Crippen LogP contribution in [0.15, 0.2) is 18.2 Å². The summed E-state index contributed by atoms with van der Waals surface area (Å²) in [7, 11) is 0. The van der Waals surface area contributed by atoms with Crippen LogP contribution in [0.3, 0.4) is 0 Å². The number of benzene rings is 1. The van der Waals surface area contributed by atoms with E-state index < -0.39 is 4.92 Å². The van der Waals surface area contributed by atoms with Crippen molar-refractivity contribution < 1.29 is 9.66 Å². The van der Waals surface area contributed by atoms with Crippen LogP contribution < -0.4 is 10.1 Å². The number of nitrogens with one attached hydrogen (secondary N) is 1. The molecule has 0 spiro atoms. The lowest BCUT2D eigenvalue weighted by Crippen LogP contribution is -2.19. The summed E-state index contributed by atoms with van der Waals surface area (Å²) in [6.45, 7) is 6.07. The van der Waals surface area contributed by atoms with Crippen molar-refractivity contribution in [2.24, 2.45) is 5.92 Å². The fraction of sp³-hybridized carbons (Fsp3) is 0.467. The molecule has 0 aliphatic rings. The summed E-state index contributed by atoms with van der Waals surface area (Å²) in [6.07, 6.45) is 5.56. The first-order valence-corrected chi connectivity index (χ1v) is 6.59. The predicted molar refractivity (Wildman–Crippen MR) is 78.6 cm³/mol. The first-order valence-electron chi connectivity index (χ1n) is 6.59. The minimum atomic E-state index is -0.448. The van der Waals surface area contributed by atoms with Crippen molar-refractivity contribution >= 4 is 5.69 Å². The van der Waals surface area contributed by atoms with Crippen LogP contribution in [0, 0.1) is 28.4 Å². The number of rotatable bonds is 8. The summed E-state index contributed by atoms with van der Waals surface area (Å²) in [5.41, 5.74) is 0.918. The first-order chi connectivity index (χ1) is 9.54. The van der Waals surface area contributed by atoms with Gasteiger partial charge < -0.3 is 10.1 Å². The Balaban J connectivity index is 2.76. The Morgan fingerprint density at radius 3 is 2.85 bits per heavy atom. The molecule has 20 heavy (non-hydrogen) atoms. The quantitative estimate of drug-likeness (QED) is 0.343. The Morgan fingerprint density at radius 2 is 2.25 bits per heavy atom. The largest absolute Gasteiger partial charge is 0.486 e. The smallest absolute Gasteiger partial charge is 0.310 e. The van der Waals surface area contributed by atoms with Crippen molar-refractivity contribution in [2.75, 3.05) is 13.2 Å². The van der Waals surface area contributed by atoms with E-state index in [2.05, 4.69) is 25.1 Å². The molecule has 0 bridgehead atoms. The van der Waals surface area contributed by atoms with Gasteiger partial charge in [0.15, 0.2) is 5.75 Å². The molecule has 0 atom stereocenters. The highest BCUT2D eigenvalue weighted by atomic mass is 16.6. The van der Waals surface area contributed by atoms with Crippen LogP contribution in [0.25, 0.3) is 0 Å². The van der Waals surface area contributed by atoms with E-state index in [9.17, 15) is 10.1 Å². The zero-order valence-corrected chi connectivity index (χ0v) is 11.9. The zero-order valence-electron chi connectivity index (χ0n) is 11.9. The lowest BCUT2D eigenvalue weighted by molar-refractivity contribution is -0.385. The minimum Gasteiger partial charge on any atom is -0.486 e. The fourth-order valence-electron chi connectivity index (χ4n) is 1.66. The van der Waals surface area contributed by atoms with Gasteiger partial charge in [-0.05, 0) is 24.1 Å². The minimum absolute atomic E-state index is 0.0327. The van der Waals surface area contributed by atoms with Crippen molar-refractivity contribution in [1.82, 2.24) is 5.32 Å². The number of nitro groups is 1. The molecule has 0 aromatic heterocycles. The first kappa shape index (κ1) is 16.0. The van der Waals surface area contributed by atoms with Crippen LogP contribution in [-0.4, -0.2) is 18.1 Å². The maximum absolute atomic E-state index is 10.9. The second-order valence-corrected chi connectivity index (χ2v) is 4.89. The van der Waals surface area contributed by atoms with Crippen LogP contribution in [0.4, 0.5) is 5.69 Å². The van der Waals surface area contributed by atoms with E-state index >= 15 is 0 Å². The molecular formula is C15H20N2O3. The van der Waals surface area contributed by atoms with Crippen LogP contribution in [0.1, 0.15) is 25.8 Å². The monoisotopic (exact) mass is 276 g/mol. The number of ether oxygens (including phenoxy) is 1. The molecule has 1 aromatic carbocycles. The van der Waals surface area contributed by atoms with Gasteiger partial charge in [0.25, 0.3) is 0 Å². The zero-order chi connectivity index (χ0) is 15.0. The van der Waals surface area contributed by atoms with E-state index in [1.807, 2.05) is 0 Å². The Labute approximate surface area is 119 Å². The maximum Gasteiger partial charge on any atom is 0.310 e. The summed E-state index contributed by atoms with van der Waals surface area (Å²) in [4.78, 5) is 10.5. The van der Waals surface area contributed by atoms with Gasteiger partial charge in [-0.1, -0.05) is 19.9 Å². The van der Waals surface area contributed by atoms with Crippen LogP contribution in [-0.2, 0) is 6.54 Å². The van der Waals surface area contributed by atoms with Crippen molar-refractivity contribution in [2.45, 2.75) is 26.8 Å². The highest BCUT2D eigenvalue weighted by Gasteiger charge is 2.15. The molecule has 1 rings (SSSR count). The summed E-state index contributed by atoms with van der Waals surface area (Å²) in [6, 6.07) is 4.90. The molecule has 0 aliphatic carbocycles. The Kier molecular flexibility index (Phi) is 6.54. The van der Waals surface area contributed by atoms with E-state index in [0.717, 1.165) is 12.1 Å². The normalized spacial score (nSPS) is 10.3. The number of terminal acetylenes is 1. The van der Waals surface area contributed by atoms with Gasteiger partial charge in [-0.15, -0.1) is 12.3 Å². The molecule has 0 heterocycles. The van der Waals surface area contributed by atoms with Crippen molar-refractivity contribution in [3.8, 4) is 18.1 Å².